The van der Waals surface area contributed by atoms with Crippen LogP contribution in [0.15, 0.2) is 12.1 Å². The second-order valence-corrected chi connectivity index (χ2v) is 7.92. The predicted molar refractivity (Wildman–Crippen MR) is 101 cm³/mol. The molecule has 1 saturated heterocycles. The maximum atomic E-state index is 12.6. The van der Waals surface area contributed by atoms with Gasteiger partial charge in [-0.15, -0.1) is 0 Å². The molecule has 0 radical (unpaired) electrons. The number of nitrogens with one attached hydrogen (secondary N) is 1. The molecule has 4 nitrogen and oxygen atoms in total. The van der Waals surface area contributed by atoms with Crippen LogP contribution >= 0.6 is 11.6 Å². The van der Waals surface area contributed by atoms with Crippen molar-refractivity contribution in [2.45, 2.75) is 52.4 Å². The molecule has 2 aliphatic rings. The standard InChI is InChI=1S/C20H27ClN2O2/c1-13-11-14(2)18(17(21)12-13)22-19(24)15-5-7-16(8-6-15)20(25)23-9-3-4-10-23/h11-12,15-16H,3-10H2,1-2H3,(H,22,24). The minimum Gasteiger partial charge on any atom is -0.342 e. The third-order valence-corrected chi connectivity index (χ3v) is 5.84. The van der Waals surface area contributed by atoms with Crippen molar-refractivity contribution >= 4 is 29.1 Å². The van der Waals surface area contributed by atoms with Crippen molar-refractivity contribution in [1.82, 2.24) is 4.90 Å². The second-order valence-electron chi connectivity index (χ2n) is 7.51. The van der Waals surface area contributed by atoms with Crippen LogP contribution in [0, 0.1) is 25.7 Å². The summed E-state index contributed by atoms with van der Waals surface area (Å²) in [5, 5.41) is 3.60. The first-order chi connectivity index (χ1) is 12.0. The number of likely N-dealkylation sites (tertiary alicyclic amines) is 1. The summed E-state index contributed by atoms with van der Waals surface area (Å²) in [4.78, 5) is 27.1. The SMILES string of the molecule is Cc1cc(C)c(NC(=O)C2CCC(C(=O)N3CCCC3)CC2)c(Cl)c1. The highest BCUT2D eigenvalue weighted by Gasteiger charge is 2.33. The molecule has 0 aromatic heterocycles. The molecule has 0 unspecified atom stereocenters. The van der Waals surface area contributed by atoms with E-state index in [0.29, 0.717) is 16.6 Å². The lowest BCUT2D eigenvalue weighted by atomic mass is 9.81. The Morgan fingerprint density at radius 2 is 1.64 bits per heavy atom. The highest BCUT2D eigenvalue weighted by molar-refractivity contribution is 6.34. The molecule has 2 fully saturated rings. The summed E-state index contributed by atoms with van der Waals surface area (Å²) in [5.41, 5.74) is 2.78. The number of nitrogens with zero attached hydrogens (tertiary/aromatic N) is 1. The lowest BCUT2D eigenvalue weighted by molar-refractivity contribution is -0.136. The van der Waals surface area contributed by atoms with Gasteiger partial charge in [0.15, 0.2) is 0 Å². The molecule has 1 heterocycles. The molecule has 1 aliphatic carbocycles. The van der Waals surface area contributed by atoms with Crippen LogP contribution in [0.25, 0.3) is 0 Å². The molecule has 1 aliphatic heterocycles. The first-order valence-electron chi connectivity index (χ1n) is 9.32. The van der Waals surface area contributed by atoms with E-state index in [4.69, 9.17) is 11.6 Å². The summed E-state index contributed by atoms with van der Waals surface area (Å²) < 4.78 is 0. The molecule has 0 bridgehead atoms. The number of hydrogen-bond acceptors (Lipinski definition) is 2. The van der Waals surface area contributed by atoms with Crippen molar-refractivity contribution in [2.24, 2.45) is 11.8 Å². The van der Waals surface area contributed by atoms with E-state index in [0.717, 1.165) is 62.7 Å². The van der Waals surface area contributed by atoms with Crippen molar-refractivity contribution in [3.8, 4) is 0 Å². The van der Waals surface area contributed by atoms with E-state index in [2.05, 4.69) is 5.32 Å². The number of amides is 2. The Hall–Kier alpha value is -1.55. The van der Waals surface area contributed by atoms with Crippen LogP contribution in [-0.2, 0) is 9.59 Å². The number of carbonyl (C=O) groups excluding carboxylic acids is 2. The average Bonchev–Trinajstić information content (AvgIpc) is 3.12. The normalized spacial score (nSPS) is 23.6. The fraction of sp³-hybridized carbons (Fsp3) is 0.600. The van der Waals surface area contributed by atoms with Crippen LogP contribution in [0.5, 0.6) is 0 Å². The Morgan fingerprint density at radius 1 is 1.04 bits per heavy atom. The van der Waals surface area contributed by atoms with Gasteiger partial charge in [0.25, 0.3) is 0 Å². The van der Waals surface area contributed by atoms with Gasteiger partial charge in [0, 0.05) is 24.9 Å². The van der Waals surface area contributed by atoms with Gasteiger partial charge >= 0.3 is 0 Å². The zero-order chi connectivity index (χ0) is 18.0. The van der Waals surface area contributed by atoms with Crippen molar-refractivity contribution in [3.05, 3.63) is 28.3 Å². The number of aryl methyl sites for hydroxylation is 2. The molecule has 3 rings (SSSR count). The van der Waals surface area contributed by atoms with Crippen molar-refractivity contribution in [1.29, 1.82) is 0 Å². The minimum absolute atomic E-state index is 0.0283. The van der Waals surface area contributed by atoms with Gasteiger partial charge in [0.2, 0.25) is 11.8 Å². The summed E-state index contributed by atoms with van der Waals surface area (Å²) in [6.07, 6.45) is 5.43. The summed E-state index contributed by atoms with van der Waals surface area (Å²) in [5.74, 6) is 0.404. The molecular weight excluding hydrogens is 336 g/mol. The Bertz CT molecular complexity index is 637. The fourth-order valence-electron chi connectivity index (χ4n) is 4.10. The third-order valence-electron chi connectivity index (χ3n) is 5.54. The van der Waals surface area contributed by atoms with Gasteiger partial charge in [-0.2, -0.15) is 0 Å². The lowest BCUT2D eigenvalue weighted by Crippen LogP contribution is -2.37. The molecule has 2 amide bonds. The van der Waals surface area contributed by atoms with Crippen LogP contribution < -0.4 is 5.32 Å². The van der Waals surface area contributed by atoms with E-state index in [9.17, 15) is 9.59 Å². The van der Waals surface area contributed by atoms with E-state index in [-0.39, 0.29) is 17.7 Å². The number of benzene rings is 1. The molecule has 25 heavy (non-hydrogen) atoms. The summed E-state index contributed by atoms with van der Waals surface area (Å²) >= 11 is 6.29. The molecule has 1 aromatic rings. The lowest BCUT2D eigenvalue weighted by Gasteiger charge is -2.30. The molecule has 0 atom stereocenters. The van der Waals surface area contributed by atoms with Crippen molar-refractivity contribution < 1.29 is 9.59 Å². The first-order valence-corrected chi connectivity index (χ1v) is 9.70. The Kier molecular flexibility index (Phi) is 5.67. The highest BCUT2D eigenvalue weighted by atomic mass is 35.5. The summed E-state index contributed by atoms with van der Waals surface area (Å²) in [6, 6.07) is 3.89. The van der Waals surface area contributed by atoms with Crippen LogP contribution in [0.2, 0.25) is 5.02 Å². The van der Waals surface area contributed by atoms with E-state index in [1.807, 2.05) is 30.9 Å². The number of hydrogen-bond donors (Lipinski definition) is 1. The minimum atomic E-state index is -0.0283. The molecule has 0 spiro atoms. The number of anilines is 1. The third kappa shape index (κ3) is 4.17. The van der Waals surface area contributed by atoms with Crippen LogP contribution in [0.1, 0.15) is 49.7 Å². The van der Waals surface area contributed by atoms with E-state index >= 15 is 0 Å². The van der Waals surface area contributed by atoms with Gasteiger partial charge in [-0.1, -0.05) is 17.7 Å². The Balaban J connectivity index is 1.56. The zero-order valence-electron chi connectivity index (χ0n) is 15.1. The van der Waals surface area contributed by atoms with Gasteiger partial charge in [0.05, 0.1) is 10.7 Å². The van der Waals surface area contributed by atoms with Gasteiger partial charge in [-0.05, 0) is 69.6 Å². The molecule has 1 N–H and O–H groups in total. The average molecular weight is 363 g/mol. The van der Waals surface area contributed by atoms with Gasteiger partial charge in [-0.25, -0.2) is 0 Å². The Morgan fingerprint density at radius 3 is 2.24 bits per heavy atom. The second kappa shape index (κ2) is 7.77. The Labute approximate surface area is 154 Å². The maximum Gasteiger partial charge on any atom is 0.227 e. The quantitative estimate of drug-likeness (QED) is 0.870. The molecular formula is C20H27ClN2O2. The van der Waals surface area contributed by atoms with E-state index < -0.39 is 0 Å². The predicted octanol–water partition coefficient (Wildman–Crippen LogP) is 4.32. The van der Waals surface area contributed by atoms with E-state index in [1.54, 1.807) is 0 Å². The zero-order valence-corrected chi connectivity index (χ0v) is 15.9. The highest BCUT2D eigenvalue weighted by Crippen LogP contribution is 2.33. The molecule has 1 aromatic carbocycles. The van der Waals surface area contributed by atoms with Crippen LogP contribution in [0.4, 0.5) is 5.69 Å². The molecule has 5 heteroatoms. The van der Waals surface area contributed by atoms with Gasteiger partial charge < -0.3 is 10.2 Å². The fourth-order valence-corrected chi connectivity index (χ4v) is 4.47. The number of carbonyl (C=O) groups is 2. The number of halogens is 1. The topological polar surface area (TPSA) is 49.4 Å². The summed E-state index contributed by atoms with van der Waals surface area (Å²) in [6.45, 7) is 5.76. The summed E-state index contributed by atoms with van der Waals surface area (Å²) in [7, 11) is 0. The monoisotopic (exact) mass is 362 g/mol. The van der Waals surface area contributed by atoms with Gasteiger partial charge in [-0.3, -0.25) is 9.59 Å². The molecule has 136 valence electrons. The van der Waals surface area contributed by atoms with E-state index in [1.165, 1.54) is 0 Å². The molecule has 1 saturated carbocycles. The van der Waals surface area contributed by atoms with Crippen molar-refractivity contribution in [3.63, 3.8) is 0 Å². The van der Waals surface area contributed by atoms with Crippen LogP contribution in [-0.4, -0.2) is 29.8 Å². The van der Waals surface area contributed by atoms with Gasteiger partial charge in [0.1, 0.15) is 0 Å². The largest absolute Gasteiger partial charge is 0.342 e. The maximum absolute atomic E-state index is 12.6. The van der Waals surface area contributed by atoms with Crippen molar-refractivity contribution in [2.75, 3.05) is 18.4 Å². The number of rotatable bonds is 3. The smallest absolute Gasteiger partial charge is 0.227 e. The van der Waals surface area contributed by atoms with Crippen LogP contribution in [0.3, 0.4) is 0 Å². The first kappa shape index (κ1) is 18.2.